The Morgan fingerprint density at radius 1 is 1.30 bits per heavy atom. The Labute approximate surface area is 120 Å². The van der Waals surface area contributed by atoms with E-state index in [0.29, 0.717) is 16.1 Å². The molecule has 20 heavy (non-hydrogen) atoms. The lowest BCUT2D eigenvalue weighted by molar-refractivity contribution is 0.0692. The summed E-state index contributed by atoms with van der Waals surface area (Å²) in [6, 6.07) is 7.89. The van der Waals surface area contributed by atoms with Crippen molar-refractivity contribution in [3.63, 3.8) is 0 Å². The number of aromatic carboxylic acids is 1. The van der Waals surface area contributed by atoms with E-state index < -0.39 is 11.9 Å². The number of amides is 1. The highest BCUT2D eigenvalue weighted by molar-refractivity contribution is 6.30. The molecule has 5 nitrogen and oxygen atoms in total. The first-order valence-electron chi connectivity index (χ1n) is 5.75. The molecule has 2 rings (SSSR count). The van der Waals surface area contributed by atoms with Gasteiger partial charge in [-0.2, -0.15) is 0 Å². The third-order valence-electron chi connectivity index (χ3n) is 2.69. The van der Waals surface area contributed by atoms with Gasteiger partial charge in [-0.05, 0) is 42.8 Å². The smallest absolute Gasteiger partial charge is 0.356 e. The van der Waals surface area contributed by atoms with E-state index in [1.807, 2.05) is 0 Å². The Morgan fingerprint density at radius 3 is 2.70 bits per heavy atom. The number of carbonyl (C=O) groups is 2. The molecule has 0 radical (unpaired) electrons. The average Bonchev–Trinajstić information content (AvgIpc) is 2.38. The van der Waals surface area contributed by atoms with Gasteiger partial charge in [0.15, 0.2) is 5.69 Å². The molecule has 0 bridgehead atoms. The molecule has 1 amide bonds. The monoisotopic (exact) mass is 290 g/mol. The highest BCUT2D eigenvalue weighted by atomic mass is 35.5. The van der Waals surface area contributed by atoms with E-state index in [1.54, 1.807) is 31.2 Å². The van der Waals surface area contributed by atoms with Crippen LogP contribution in [0.15, 0.2) is 36.5 Å². The predicted molar refractivity (Wildman–Crippen MR) is 75.3 cm³/mol. The molecule has 6 heteroatoms. The molecule has 0 fully saturated rings. The largest absolute Gasteiger partial charge is 0.476 e. The van der Waals surface area contributed by atoms with Crippen LogP contribution < -0.4 is 5.32 Å². The molecule has 0 atom stereocenters. The van der Waals surface area contributed by atoms with E-state index in [4.69, 9.17) is 16.7 Å². The number of rotatable bonds is 3. The standard InChI is InChI=1S/C14H11ClN2O3/c1-8-7-9(15)4-5-10(8)13(18)17-11-3-2-6-16-12(11)14(19)20/h2-7H,1H3,(H,17,18)(H,19,20). The number of nitrogens with zero attached hydrogens (tertiary/aromatic N) is 1. The quantitative estimate of drug-likeness (QED) is 0.911. The zero-order chi connectivity index (χ0) is 14.7. The van der Waals surface area contributed by atoms with E-state index in [0.717, 1.165) is 0 Å². The number of hydrogen-bond acceptors (Lipinski definition) is 3. The van der Waals surface area contributed by atoms with Crippen LogP contribution in [0.4, 0.5) is 5.69 Å². The van der Waals surface area contributed by atoms with Crippen molar-refractivity contribution in [1.29, 1.82) is 0 Å². The molecule has 0 spiro atoms. The van der Waals surface area contributed by atoms with Gasteiger partial charge in [0, 0.05) is 16.8 Å². The van der Waals surface area contributed by atoms with Gasteiger partial charge in [0.05, 0.1) is 5.69 Å². The summed E-state index contributed by atoms with van der Waals surface area (Å²) in [6.07, 6.45) is 1.35. The van der Waals surface area contributed by atoms with Gasteiger partial charge in [0.25, 0.3) is 5.91 Å². The molecular weight excluding hydrogens is 280 g/mol. The maximum atomic E-state index is 12.1. The molecule has 2 N–H and O–H groups in total. The fourth-order valence-electron chi connectivity index (χ4n) is 1.75. The Morgan fingerprint density at radius 2 is 2.05 bits per heavy atom. The second kappa shape index (κ2) is 5.71. The topological polar surface area (TPSA) is 79.3 Å². The Kier molecular flexibility index (Phi) is 4.00. The van der Waals surface area contributed by atoms with Crippen molar-refractivity contribution in [1.82, 2.24) is 4.98 Å². The molecule has 1 aromatic heterocycles. The van der Waals surface area contributed by atoms with Gasteiger partial charge in [0.1, 0.15) is 0 Å². The summed E-state index contributed by atoms with van der Waals surface area (Å²) in [6.45, 7) is 1.75. The SMILES string of the molecule is Cc1cc(Cl)ccc1C(=O)Nc1cccnc1C(=O)O. The van der Waals surface area contributed by atoms with Crippen LogP contribution in [0, 0.1) is 6.92 Å². The first-order valence-corrected chi connectivity index (χ1v) is 6.12. The number of carboxylic acids is 1. The number of carbonyl (C=O) groups excluding carboxylic acids is 1. The Hall–Kier alpha value is -2.40. The van der Waals surface area contributed by atoms with Gasteiger partial charge in [-0.15, -0.1) is 0 Å². The molecule has 0 aliphatic heterocycles. The van der Waals surface area contributed by atoms with Crippen molar-refractivity contribution in [3.05, 3.63) is 58.4 Å². The van der Waals surface area contributed by atoms with E-state index >= 15 is 0 Å². The Bertz CT molecular complexity index is 686. The predicted octanol–water partition coefficient (Wildman–Crippen LogP) is 2.99. The van der Waals surface area contributed by atoms with Crippen LogP contribution in [0.25, 0.3) is 0 Å². The van der Waals surface area contributed by atoms with Crippen molar-refractivity contribution in [2.75, 3.05) is 5.32 Å². The van der Waals surface area contributed by atoms with Crippen molar-refractivity contribution in [2.45, 2.75) is 6.92 Å². The lowest BCUT2D eigenvalue weighted by Crippen LogP contribution is -2.16. The van der Waals surface area contributed by atoms with Gasteiger partial charge >= 0.3 is 5.97 Å². The maximum absolute atomic E-state index is 12.1. The van der Waals surface area contributed by atoms with E-state index in [-0.39, 0.29) is 11.4 Å². The molecule has 1 heterocycles. The van der Waals surface area contributed by atoms with Crippen molar-refractivity contribution >= 4 is 29.2 Å². The number of carboxylic acid groups (broad SMARTS) is 1. The molecule has 0 saturated heterocycles. The minimum absolute atomic E-state index is 0.152. The van der Waals surface area contributed by atoms with E-state index in [9.17, 15) is 9.59 Å². The van der Waals surface area contributed by atoms with Crippen LogP contribution >= 0.6 is 11.6 Å². The number of aryl methyl sites for hydroxylation is 1. The van der Waals surface area contributed by atoms with Crippen LogP contribution in [0.3, 0.4) is 0 Å². The second-order valence-corrected chi connectivity index (χ2v) is 4.55. The zero-order valence-electron chi connectivity index (χ0n) is 10.6. The lowest BCUT2D eigenvalue weighted by atomic mass is 10.1. The summed E-state index contributed by atoms with van der Waals surface area (Å²) in [5.41, 5.74) is 1.08. The number of aromatic nitrogens is 1. The fourth-order valence-corrected chi connectivity index (χ4v) is 1.97. The van der Waals surface area contributed by atoms with Gasteiger partial charge in [-0.3, -0.25) is 4.79 Å². The van der Waals surface area contributed by atoms with Gasteiger partial charge < -0.3 is 10.4 Å². The number of pyridine rings is 1. The van der Waals surface area contributed by atoms with Crippen LogP contribution in [-0.4, -0.2) is 22.0 Å². The summed E-state index contributed by atoms with van der Waals surface area (Å²) in [5.74, 6) is -1.61. The minimum atomic E-state index is -1.20. The first kappa shape index (κ1) is 14.0. The molecule has 0 saturated carbocycles. The highest BCUT2D eigenvalue weighted by Gasteiger charge is 2.15. The summed E-state index contributed by atoms with van der Waals surface area (Å²) in [5, 5.41) is 12.1. The highest BCUT2D eigenvalue weighted by Crippen LogP contribution is 2.18. The second-order valence-electron chi connectivity index (χ2n) is 4.12. The number of anilines is 1. The average molecular weight is 291 g/mol. The zero-order valence-corrected chi connectivity index (χ0v) is 11.3. The van der Waals surface area contributed by atoms with Crippen LogP contribution in [0.2, 0.25) is 5.02 Å². The van der Waals surface area contributed by atoms with Crippen molar-refractivity contribution in [2.24, 2.45) is 0 Å². The molecular formula is C14H11ClN2O3. The molecule has 2 aromatic rings. The number of benzene rings is 1. The third-order valence-corrected chi connectivity index (χ3v) is 2.93. The van der Waals surface area contributed by atoms with Crippen molar-refractivity contribution in [3.8, 4) is 0 Å². The summed E-state index contributed by atoms with van der Waals surface area (Å²) < 4.78 is 0. The van der Waals surface area contributed by atoms with Gasteiger partial charge in [-0.25, -0.2) is 9.78 Å². The van der Waals surface area contributed by atoms with Crippen LogP contribution in [0.5, 0.6) is 0 Å². The summed E-state index contributed by atoms with van der Waals surface area (Å²) >= 11 is 5.83. The fraction of sp³-hybridized carbons (Fsp3) is 0.0714. The molecule has 0 unspecified atom stereocenters. The van der Waals surface area contributed by atoms with Crippen LogP contribution in [0.1, 0.15) is 26.4 Å². The normalized spacial score (nSPS) is 10.1. The lowest BCUT2D eigenvalue weighted by Gasteiger charge is -2.09. The minimum Gasteiger partial charge on any atom is -0.476 e. The molecule has 0 aliphatic carbocycles. The maximum Gasteiger partial charge on any atom is 0.356 e. The van der Waals surface area contributed by atoms with Gasteiger partial charge in [-0.1, -0.05) is 11.6 Å². The summed E-state index contributed by atoms with van der Waals surface area (Å²) in [4.78, 5) is 26.9. The van der Waals surface area contributed by atoms with Crippen molar-refractivity contribution < 1.29 is 14.7 Å². The van der Waals surface area contributed by atoms with Crippen LogP contribution in [-0.2, 0) is 0 Å². The van der Waals surface area contributed by atoms with Gasteiger partial charge in [0.2, 0.25) is 0 Å². The molecule has 0 aliphatic rings. The number of hydrogen-bond donors (Lipinski definition) is 2. The van der Waals surface area contributed by atoms with E-state index in [1.165, 1.54) is 12.3 Å². The Balaban J connectivity index is 2.30. The third kappa shape index (κ3) is 2.95. The number of nitrogens with one attached hydrogen (secondary N) is 1. The number of halogens is 1. The van der Waals surface area contributed by atoms with E-state index in [2.05, 4.69) is 10.3 Å². The molecule has 1 aromatic carbocycles. The summed E-state index contributed by atoms with van der Waals surface area (Å²) in [7, 11) is 0. The first-order chi connectivity index (χ1) is 9.49. The molecule has 102 valence electrons.